The first-order valence-corrected chi connectivity index (χ1v) is 10.1. The van der Waals surface area contributed by atoms with Gasteiger partial charge < -0.3 is 4.84 Å². The molecule has 1 saturated heterocycles. The van der Waals surface area contributed by atoms with Gasteiger partial charge in [-0.15, -0.1) is 0 Å². The number of benzene rings is 2. The number of nitrogens with zero attached hydrogens (tertiary/aromatic N) is 2. The fourth-order valence-electron chi connectivity index (χ4n) is 2.58. The van der Waals surface area contributed by atoms with E-state index in [9.17, 15) is 17.6 Å². The number of hydrogen-bond donors (Lipinski definition) is 2. The second-order valence-corrected chi connectivity index (χ2v) is 8.62. The maximum absolute atomic E-state index is 13.3. The van der Waals surface area contributed by atoms with Crippen molar-refractivity contribution in [3.8, 4) is 0 Å². The Hall–Kier alpha value is -2.76. The summed E-state index contributed by atoms with van der Waals surface area (Å²) in [6.07, 6.45) is 0. The number of fused-ring (bicyclic) bond motifs is 1. The Morgan fingerprint density at radius 2 is 2.00 bits per heavy atom. The van der Waals surface area contributed by atoms with Crippen LogP contribution in [0.4, 0.5) is 15.2 Å². The van der Waals surface area contributed by atoms with Gasteiger partial charge in [-0.3, -0.25) is 4.72 Å². The van der Waals surface area contributed by atoms with E-state index in [-0.39, 0.29) is 5.13 Å². The van der Waals surface area contributed by atoms with Gasteiger partial charge in [0.2, 0.25) is 0 Å². The number of aryl methyl sites for hydroxylation is 1. The van der Waals surface area contributed by atoms with Gasteiger partial charge >= 0.3 is 5.97 Å². The maximum atomic E-state index is 13.3. The van der Waals surface area contributed by atoms with Crippen LogP contribution in [0, 0.1) is 12.7 Å². The SMILES string of the molecule is Cc1ccc(N2NOC(=O)C2S(=O)(=O)Nc2nc3ccc(F)cc3s2)cc1. The van der Waals surface area contributed by atoms with Crippen LogP contribution in [0.25, 0.3) is 10.2 Å². The van der Waals surface area contributed by atoms with Gasteiger partial charge in [-0.1, -0.05) is 34.6 Å². The molecule has 2 N–H and O–H groups in total. The Bertz CT molecular complexity index is 1130. The van der Waals surface area contributed by atoms with Gasteiger partial charge in [0, 0.05) is 0 Å². The zero-order valence-electron chi connectivity index (χ0n) is 13.8. The number of rotatable bonds is 4. The largest absolute Gasteiger partial charge is 0.368 e. The van der Waals surface area contributed by atoms with Crippen LogP contribution >= 0.6 is 11.3 Å². The summed E-state index contributed by atoms with van der Waals surface area (Å²) in [5.41, 5.74) is 4.18. The zero-order chi connectivity index (χ0) is 19.2. The van der Waals surface area contributed by atoms with Crippen molar-refractivity contribution >= 4 is 48.4 Å². The Labute approximate surface area is 157 Å². The Morgan fingerprint density at radius 1 is 1.26 bits per heavy atom. The lowest BCUT2D eigenvalue weighted by atomic mass is 10.2. The number of hydrazine groups is 1. The third kappa shape index (κ3) is 3.31. The van der Waals surface area contributed by atoms with Gasteiger partial charge in [0.25, 0.3) is 15.4 Å². The first kappa shape index (κ1) is 17.6. The Kier molecular flexibility index (Phi) is 4.21. The molecule has 1 aliphatic heterocycles. The molecular formula is C16H13FN4O4S2. The number of anilines is 2. The fraction of sp³-hybridized carbons (Fsp3) is 0.125. The van der Waals surface area contributed by atoms with Gasteiger partial charge in [-0.2, -0.15) is 0 Å². The van der Waals surface area contributed by atoms with E-state index < -0.39 is 27.2 Å². The minimum Gasteiger partial charge on any atom is -0.347 e. The lowest BCUT2D eigenvalue weighted by Gasteiger charge is -2.21. The predicted molar refractivity (Wildman–Crippen MR) is 98.8 cm³/mol. The molecule has 3 aromatic rings. The minimum absolute atomic E-state index is 0.0270. The topological polar surface area (TPSA) is 101 Å². The lowest BCUT2D eigenvalue weighted by Crippen LogP contribution is -2.46. The molecule has 0 saturated carbocycles. The molecule has 1 unspecified atom stereocenters. The van der Waals surface area contributed by atoms with E-state index >= 15 is 0 Å². The molecule has 140 valence electrons. The summed E-state index contributed by atoms with van der Waals surface area (Å²) in [7, 11) is -4.23. The molecule has 0 radical (unpaired) electrons. The normalized spacial score (nSPS) is 17.3. The number of thiazole rings is 1. The molecule has 1 aliphatic rings. The third-order valence-electron chi connectivity index (χ3n) is 3.87. The first-order chi connectivity index (χ1) is 12.8. The second-order valence-electron chi connectivity index (χ2n) is 5.85. The fourth-order valence-corrected chi connectivity index (χ4v) is 4.98. The summed E-state index contributed by atoms with van der Waals surface area (Å²) in [6.45, 7) is 1.88. The number of sulfonamides is 1. The zero-order valence-corrected chi connectivity index (χ0v) is 15.5. The van der Waals surface area contributed by atoms with Crippen molar-refractivity contribution < 1.29 is 22.4 Å². The molecule has 27 heavy (non-hydrogen) atoms. The molecule has 2 aromatic carbocycles. The van der Waals surface area contributed by atoms with Crippen molar-refractivity contribution in [2.75, 3.05) is 9.73 Å². The number of carbonyl (C=O) groups excluding carboxylic acids is 1. The van der Waals surface area contributed by atoms with Crippen LogP contribution in [-0.2, 0) is 19.7 Å². The van der Waals surface area contributed by atoms with Crippen molar-refractivity contribution in [1.29, 1.82) is 0 Å². The molecular weight excluding hydrogens is 395 g/mol. The molecule has 0 spiro atoms. The van der Waals surface area contributed by atoms with Crippen LogP contribution in [0.5, 0.6) is 0 Å². The molecule has 1 aromatic heterocycles. The molecule has 8 nitrogen and oxygen atoms in total. The third-order valence-corrected chi connectivity index (χ3v) is 6.40. The molecule has 2 heterocycles. The Balaban J connectivity index is 1.65. The highest BCUT2D eigenvalue weighted by Crippen LogP contribution is 2.29. The van der Waals surface area contributed by atoms with Crippen molar-refractivity contribution in [2.45, 2.75) is 12.3 Å². The van der Waals surface area contributed by atoms with Crippen molar-refractivity contribution in [1.82, 2.24) is 10.6 Å². The molecule has 1 atom stereocenters. The number of halogens is 1. The van der Waals surface area contributed by atoms with Gasteiger partial charge in [-0.25, -0.2) is 27.6 Å². The number of nitrogens with one attached hydrogen (secondary N) is 2. The summed E-state index contributed by atoms with van der Waals surface area (Å²) >= 11 is 0.965. The molecule has 0 aliphatic carbocycles. The van der Waals surface area contributed by atoms with Crippen LogP contribution in [-0.4, -0.2) is 24.7 Å². The summed E-state index contributed by atoms with van der Waals surface area (Å²) in [4.78, 5) is 20.9. The van der Waals surface area contributed by atoms with E-state index in [0.717, 1.165) is 21.9 Å². The van der Waals surface area contributed by atoms with E-state index in [1.807, 2.05) is 6.92 Å². The van der Waals surface area contributed by atoms with E-state index in [2.05, 4.69) is 15.3 Å². The van der Waals surface area contributed by atoms with E-state index in [1.54, 1.807) is 24.3 Å². The highest BCUT2D eigenvalue weighted by Gasteiger charge is 2.46. The quantitative estimate of drug-likeness (QED) is 0.683. The van der Waals surface area contributed by atoms with Crippen LogP contribution in [0.1, 0.15) is 5.56 Å². The summed E-state index contributed by atoms with van der Waals surface area (Å²) < 4.78 is 41.7. The molecule has 1 fully saturated rings. The van der Waals surface area contributed by atoms with E-state index in [4.69, 9.17) is 4.84 Å². The minimum atomic E-state index is -4.23. The second kappa shape index (κ2) is 6.44. The number of aromatic nitrogens is 1. The summed E-state index contributed by atoms with van der Waals surface area (Å²) in [5, 5.41) is -0.514. The summed E-state index contributed by atoms with van der Waals surface area (Å²) in [5.74, 6) is -1.43. The monoisotopic (exact) mass is 408 g/mol. The van der Waals surface area contributed by atoms with E-state index in [1.165, 1.54) is 18.2 Å². The van der Waals surface area contributed by atoms with Gasteiger partial charge in [0.05, 0.1) is 15.9 Å². The number of hydrogen-bond acceptors (Lipinski definition) is 8. The standard InChI is InChI=1S/C16H13FN4O4S2/c1-9-2-5-11(6-3-9)21-14(15(22)25-20-21)27(23,24)19-16-18-12-7-4-10(17)8-13(12)26-16/h2-8,14,20H,1H3,(H,18,19). The van der Waals surface area contributed by atoms with E-state index in [0.29, 0.717) is 15.9 Å². The van der Waals surface area contributed by atoms with Crippen LogP contribution < -0.4 is 15.3 Å². The van der Waals surface area contributed by atoms with Gasteiger partial charge in [0.1, 0.15) is 5.82 Å². The predicted octanol–water partition coefficient (Wildman–Crippen LogP) is 2.29. The smallest absolute Gasteiger partial charge is 0.347 e. The highest BCUT2D eigenvalue weighted by atomic mass is 32.2. The molecule has 11 heteroatoms. The maximum Gasteiger partial charge on any atom is 0.368 e. The van der Waals surface area contributed by atoms with Crippen LogP contribution in [0.15, 0.2) is 42.5 Å². The average molecular weight is 408 g/mol. The average Bonchev–Trinajstić information content (AvgIpc) is 3.18. The van der Waals surface area contributed by atoms with Crippen molar-refractivity contribution in [2.24, 2.45) is 0 Å². The number of carbonyl (C=O) groups is 1. The van der Waals surface area contributed by atoms with Crippen molar-refractivity contribution in [3.05, 3.63) is 53.8 Å². The first-order valence-electron chi connectivity index (χ1n) is 7.73. The van der Waals surface area contributed by atoms with Gasteiger partial charge in [0.15, 0.2) is 5.13 Å². The molecule has 0 amide bonds. The highest BCUT2D eigenvalue weighted by molar-refractivity contribution is 7.94. The van der Waals surface area contributed by atoms with Crippen LogP contribution in [0.3, 0.4) is 0 Å². The molecule has 0 bridgehead atoms. The lowest BCUT2D eigenvalue weighted by molar-refractivity contribution is -0.142. The van der Waals surface area contributed by atoms with Gasteiger partial charge in [-0.05, 0) is 37.3 Å². The van der Waals surface area contributed by atoms with Crippen LogP contribution in [0.2, 0.25) is 0 Å². The molecule has 4 rings (SSSR count). The Morgan fingerprint density at radius 3 is 2.74 bits per heavy atom. The van der Waals surface area contributed by atoms with Crippen molar-refractivity contribution in [3.63, 3.8) is 0 Å². The summed E-state index contributed by atoms with van der Waals surface area (Å²) in [6, 6.07) is 10.8.